The van der Waals surface area contributed by atoms with Crippen LogP contribution in [-0.4, -0.2) is 27.7 Å². The van der Waals surface area contributed by atoms with Gasteiger partial charge in [-0.15, -0.1) is 0 Å². The van der Waals surface area contributed by atoms with Crippen molar-refractivity contribution in [2.45, 2.75) is 108 Å². The van der Waals surface area contributed by atoms with Crippen LogP contribution in [0.2, 0.25) is 0 Å². The Kier molecular flexibility index (Phi) is 29.5. The molecular weight excluding hydrogens is 658 g/mol. The van der Waals surface area contributed by atoms with E-state index in [0.717, 1.165) is 37.8 Å². The molecule has 0 aromatic heterocycles. The van der Waals surface area contributed by atoms with Crippen LogP contribution in [0.25, 0.3) is 0 Å². The summed E-state index contributed by atoms with van der Waals surface area (Å²) in [5.74, 6) is 0.436. The fourth-order valence-electron chi connectivity index (χ4n) is 5.26. The van der Waals surface area contributed by atoms with Crippen molar-refractivity contribution in [3.05, 3.63) is 0 Å². The van der Waals surface area contributed by atoms with Crippen LogP contribution in [-0.2, 0) is 4.79 Å². The second kappa shape index (κ2) is 19.6. The van der Waals surface area contributed by atoms with Gasteiger partial charge in [-0.3, -0.25) is 4.79 Å². The van der Waals surface area contributed by atoms with Gasteiger partial charge in [0.05, 0.1) is 5.71 Å². The molecule has 1 radical (unpaired) electrons. The molecule has 2 rings (SSSR count). The summed E-state index contributed by atoms with van der Waals surface area (Å²) >= 11 is 4.14. The number of rotatable bonds is 1. The van der Waals surface area contributed by atoms with Crippen molar-refractivity contribution >= 4 is 23.3 Å². The van der Waals surface area contributed by atoms with E-state index in [4.69, 9.17) is 5.21 Å². The molecule has 0 aromatic carbocycles. The van der Waals surface area contributed by atoms with Crippen molar-refractivity contribution in [1.82, 2.24) is 0 Å². The summed E-state index contributed by atoms with van der Waals surface area (Å²) in [5, 5.41) is 16.2. The van der Waals surface area contributed by atoms with Crippen molar-refractivity contribution in [3.8, 4) is 0 Å². The number of Topliss-reactive ketones (excluding diaryl/α,β-unsaturated/α-hetero) is 1. The predicted octanol–water partition coefficient (Wildman–Crippen LogP) is 2.97. The number of nitrogens with zero attached hydrogens (tertiary/aromatic N) is 1. The van der Waals surface area contributed by atoms with E-state index < -0.39 is 0 Å². The molecule has 2 aliphatic carbocycles. The van der Waals surface area contributed by atoms with Gasteiger partial charge in [-0.25, -0.2) is 5.25 Å². The molecule has 0 aliphatic heterocycles. The molecule has 9 heteroatoms. The monoisotopic (exact) mass is 705 g/mol. The van der Waals surface area contributed by atoms with Crippen LogP contribution >= 0.6 is 11.8 Å². The van der Waals surface area contributed by atoms with Crippen molar-refractivity contribution in [3.63, 3.8) is 0 Å². The molecule has 0 saturated heterocycles. The van der Waals surface area contributed by atoms with E-state index in [1.165, 1.54) is 12.8 Å². The van der Waals surface area contributed by atoms with Gasteiger partial charge in [0.15, 0.2) is 0 Å². The maximum absolute atomic E-state index is 11.3. The van der Waals surface area contributed by atoms with Gasteiger partial charge in [-0.2, -0.15) is 0 Å². The van der Waals surface area contributed by atoms with Gasteiger partial charge in [-0.1, -0.05) is 74.4 Å². The number of ketones is 1. The third-order valence-corrected chi connectivity index (χ3v) is 5.52. The maximum atomic E-state index is 11.3. The summed E-state index contributed by atoms with van der Waals surface area (Å²) in [7, 11) is 0. The fourth-order valence-corrected chi connectivity index (χ4v) is 5.26. The number of hydrogen-bond donors (Lipinski definition) is 2. The van der Waals surface area contributed by atoms with Gasteiger partial charge < -0.3 is 16.2 Å². The van der Waals surface area contributed by atoms with E-state index in [-0.39, 0.29) is 125 Å². The molecule has 0 aromatic rings. The second-order valence-electron chi connectivity index (χ2n) is 10.9. The van der Waals surface area contributed by atoms with E-state index in [1.54, 1.807) is 0 Å². The summed E-state index contributed by atoms with van der Waals surface area (Å²) in [6.45, 7) is 17.8. The average molecular weight is 706 g/mol. The average Bonchev–Trinajstić information content (AvgIpc) is 2.44. The maximum Gasteiger partial charge on any atom is 1.00 e. The number of nitrogens with two attached hydrogens (primary N) is 1. The first-order chi connectivity index (χ1) is 11.7. The van der Waals surface area contributed by atoms with Crippen LogP contribution in [0.1, 0.15) is 108 Å². The molecule has 181 valence electrons. The van der Waals surface area contributed by atoms with Gasteiger partial charge >= 0.3 is 51.4 Å². The first kappa shape index (κ1) is 46.7. The Morgan fingerprint density at radius 1 is 0.903 bits per heavy atom. The zero-order chi connectivity index (χ0) is 20.8. The summed E-state index contributed by atoms with van der Waals surface area (Å²) in [6.07, 6.45) is 7.02. The number of carbonyl (C=O) groups excluding carboxylic acids is 1. The molecule has 0 amide bonds. The molecular formula is C22H48AcClKN2O4. The Bertz CT molecular complexity index is 500. The molecule has 0 heterocycles. The number of carbonyl (C=O) groups is 1. The van der Waals surface area contributed by atoms with Crippen molar-refractivity contribution in [2.75, 3.05) is 0 Å². The summed E-state index contributed by atoms with van der Waals surface area (Å²) in [4.78, 5) is 11.3. The third kappa shape index (κ3) is 19.3. The standard InChI is InChI=1S/C11H21NO.C10H18O.CH4.Ac.ClH2N.K.2H2O/c1-5-11(4)7-9(12-13)6-10(2,3)8-11;1-9(2)5-8(11)6-10(3,4)7-9;;;1-2;;;/h13H,5-8H2,1-4H3;5-7H2,1-4H3;1H4;;2H2;;2*1H2/q;;;;;+1;;/p-1/b12-9+;;;;;;;. The minimum absolute atomic E-state index is 0. The fraction of sp³-hybridized carbons (Fsp3) is 0.909. The van der Waals surface area contributed by atoms with Gasteiger partial charge in [0, 0.05) is 56.9 Å². The van der Waals surface area contributed by atoms with Gasteiger partial charge in [-0.05, 0) is 59.1 Å². The largest absolute Gasteiger partial charge is 1.00 e. The number of halogens is 1. The SMILES string of the molecule is C.CC1(C)CC(=O)CC(C)(C)C1.CCC1(C)C/C(=N/O)CC(C)(C)C1.NCl.O.[Ac].[K+].[OH-]. The van der Waals surface area contributed by atoms with Crippen LogP contribution in [0.3, 0.4) is 0 Å². The number of oxime groups is 1. The molecule has 1 unspecified atom stereocenters. The molecule has 2 aliphatic rings. The first-order valence-electron chi connectivity index (χ1n) is 9.65. The van der Waals surface area contributed by atoms with E-state index in [2.05, 4.69) is 77.6 Å². The third-order valence-electron chi connectivity index (χ3n) is 5.52. The van der Waals surface area contributed by atoms with E-state index in [9.17, 15) is 4.79 Å². The number of hydrogen-bond acceptors (Lipinski definition) is 5. The Balaban J connectivity index is -0.0000000817. The van der Waals surface area contributed by atoms with Gasteiger partial charge in [0.2, 0.25) is 0 Å². The Labute approximate surface area is 275 Å². The van der Waals surface area contributed by atoms with E-state index in [1.807, 2.05) is 0 Å². The molecule has 2 fully saturated rings. The minimum atomic E-state index is 0. The predicted molar refractivity (Wildman–Crippen MR) is 124 cm³/mol. The van der Waals surface area contributed by atoms with E-state index >= 15 is 0 Å². The van der Waals surface area contributed by atoms with Gasteiger partial charge in [0.1, 0.15) is 5.78 Å². The van der Waals surface area contributed by atoms with Crippen LogP contribution in [0.4, 0.5) is 0 Å². The molecule has 31 heavy (non-hydrogen) atoms. The van der Waals surface area contributed by atoms with E-state index in [0.29, 0.717) is 16.6 Å². The van der Waals surface area contributed by atoms with Crippen LogP contribution < -0.4 is 56.6 Å². The summed E-state index contributed by atoms with van der Waals surface area (Å²) in [6, 6.07) is 0. The summed E-state index contributed by atoms with van der Waals surface area (Å²) in [5.41, 5.74) is 2.08. The van der Waals surface area contributed by atoms with Crippen LogP contribution in [0.5, 0.6) is 0 Å². The normalized spacial score (nSPS) is 25.6. The zero-order valence-electron chi connectivity index (χ0n) is 20.7. The zero-order valence-corrected chi connectivity index (χ0v) is 29.4. The smallest absolute Gasteiger partial charge is 0.870 e. The topological polar surface area (TPSA) is 137 Å². The van der Waals surface area contributed by atoms with Crippen LogP contribution in [0.15, 0.2) is 5.16 Å². The second-order valence-corrected chi connectivity index (χ2v) is 10.9. The molecule has 0 spiro atoms. The molecule has 6 N–H and O–H groups in total. The Hall–Kier alpha value is 2.39. The first-order valence-corrected chi connectivity index (χ1v) is 10.1. The quantitative estimate of drug-likeness (QED) is 0.188. The molecule has 0 bridgehead atoms. The van der Waals surface area contributed by atoms with Crippen LogP contribution in [0, 0.1) is 65.7 Å². The van der Waals surface area contributed by atoms with Crippen molar-refractivity contribution in [2.24, 2.45) is 32.1 Å². The summed E-state index contributed by atoms with van der Waals surface area (Å²) < 4.78 is 0. The Morgan fingerprint density at radius 3 is 1.55 bits per heavy atom. The minimum Gasteiger partial charge on any atom is -0.870 e. The molecule has 6 nitrogen and oxygen atoms in total. The molecule has 2 saturated carbocycles. The Morgan fingerprint density at radius 2 is 1.26 bits per heavy atom. The van der Waals surface area contributed by atoms with Crippen molar-refractivity contribution < 1.29 is 116 Å². The van der Waals surface area contributed by atoms with Gasteiger partial charge in [0.25, 0.3) is 0 Å². The van der Waals surface area contributed by atoms with Crippen molar-refractivity contribution in [1.29, 1.82) is 0 Å². The molecule has 1 atom stereocenters.